The van der Waals surface area contributed by atoms with Crippen molar-refractivity contribution in [3.8, 4) is 0 Å². The van der Waals surface area contributed by atoms with Crippen LogP contribution in [0.25, 0.3) is 0 Å². The Morgan fingerprint density at radius 2 is 2.09 bits per heavy atom. The quantitative estimate of drug-likeness (QED) is 0.455. The van der Waals surface area contributed by atoms with Crippen molar-refractivity contribution in [3.63, 3.8) is 0 Å². The molecule has 0 atom stereocenters. The monoisotopic (exact) mass is 167 g/mol. The summed E-state index contributed by atoms with van der Waals surface area (Å²) < 4.78 is 35.4. The normalized spacial score (nSPS) is 19.2. The smallest absolute Gasteiger partial charge is 0.269 e. The molecule has 0 aromatic rings. The predicted octanol–water partition coefficient (Wildman–Crippen LogP) is -1.45. The van der Waals surface area contributed by atoms with Gasteiger partial charge in [0.25, 0.3) is 0 Å². The van der Waals surface area contributed by atoms with E-state index in [-0.39, 0.29) is 13.0 Å². The van der Waals surface area contributed by atoms with Crippen molar-refractivity contribution in [2.75, 3.05) is 6.54 Å². The Kier molecular flexibility index (Phi) is 1.84. The third-order valence-electron chi connectivity index (χ3n) is 1.20. The molecule has 0 aliphatic carbocycles. The second kappa shape index (κ2) is 2.52. The van der Waals surface area contributed by atoms with Crippen molar-refractivity contribution in [2.24, 2.45) is 0 Å². The summed E-state index contributed by atoms with van der Waals surface area (Å²) in [5.41, 5.74) is 0. The summed E-state index contributed by atoms with van der Waals surface area (Å²) in [6.45, 7) is 0.0423. The Bertz CT molecular complexity index is 208. The molecular formula is C5H6F3N2O+. The number of nitrogens with one attached hydrogen (secondary N) is 2. The first-order chi connectivity index (χ1) is 5.00. The Balaban J connectivity index is 2.73. The van der Waals surface area contributed by atoms with Crippen molar-refractivity contribution in [2.45, 2.75) is 12.6 Å². The number of carbonyl (C=O) groups is 1. The lowest BCUT2D eigenvalue weighted by Gasteiger charge is -2.08. The van der Waals surface area contributed by atoms with Crippen LogP contribution in [0.5, 0.6) is 0 Å². The van der Waals surface area contributed by atoms with Crippen molar-refractivity contribution < 1.29 is 23.0 Å². The van der Waals surface area contributed by atoms with Gasteiger partial charge in [0.15, 0.2) is 0 Å². The average Bonchev–Trinajstić information content (AvgIpc) is 1.86. The molecule has 0 unspecified atom stereocenters. The molecule has 1 aliphatic heterocycles. The van der Waals surface area contributed by atoms with Crippen LogP contribution in [-0.2, 0) is 4.79 Å². The van der Waals surface area contributed by atoms with Gasteiger partial charge in [-0.25, -0.2) is 10.1 Å². The van der Waals surface area contributed by atoms with E-state index in [0.29, 0.717) is 0 Å². The van der Waals surface area contributed by atoms with Crippen LogP contribution in [0.15, 0.2) is 0 Å². The zero-order valence-corrected chi connectivity index (χ0v) is 5.46. The minimum absolute atomic E-state index is 0.0423. The molecule has 2 N–H and O–H groups in total. The van der Waals surface area contributed by atoms with Gasteiger partial charge in [0.2, 0.25) is 0 Å². The fourth-order valence-corrected chi connectivity index (χ4v) is 0.718. The third-order valence-corrected chi connectivity index (χ3v) is 1.20. The summed E-state index contributed by atoms with van der Waals surface area (Å²) in [6.07, 6.45) is -4.39. The Morgan fingerprint density at radius 3 is 2.45 bits per heavy atom. The first-order valence-corrected chi connectivity index (χ1v) is 2.98. The van der Waals surface area contributed by atoms with Crippen LogP contribution in [0.2, 0.25) is 0 Å². The SMILES string of the molecule is O=C1CC[NH+]=C(C(F)(F)F)N1. The van der Waals surface area contributed by atoms with Gasteiger partial charge in [-0.2, -0.15) is 13.2 Å². The number of amides is 1. The minimum Gasteiger partial charge on any atom is -0.269 e. The van der Waals surface area contributed by atoms with Crippen LogP contribution < -0.4 is 10.3 Å². The third kappa shape index (κ3) is 1.92. The first kappa shape index (κ1) is 8.03. The summed E-state index contributed by atoms with van der Waals surface area (Å²) >= 11 is 0. The van der Waals surface area contributed by atoms with E-state index < -0.39 is 17.9 Å². The van der Waals surface area contributed by atoms with Gasteiger partial charge in [-0.05, 0) is 0 Å². The largest absolute Gasteiger partial charge is 0.494 e. The molecule has 62 valence electrons. The molecule has 1 heterocycles. The molecule has 11 heavy (non-hydrogen) atoms. The van der Waals surface area contributed by atoms with Gasteiger partial charge in [0.1, 0.15) is 0 Å². The summed E-state index contributed by atoms with van der Waals surface area (Å²) in [5, 5.41) is 1.70. The first-order valence-electron chi connectivity index (χ1n) is 2.98. The second-order valence-electron chi connectivity index (χ2n) is 2.10. The maximum absolute atomic E-state index is 11.8. The van der Waals surface area contributed by atoms with Crippen molar-refractivity contribution in [1.82, 2.24) is 5.32 Å². The van der Waals surface area contributed by atoms with E-state index in [1.165, 1.54) is 0 Å². The van der Waals surface area contributed by atoms with E-state index in [1.54, 1.807) is 5.32 Å². The van der Waals surface area contributed by atoms with E-state index in [1.807, 2.05) is 4.99 Å². The van der Waals surface area contributed by atoms with Crippen LogP contribution in [0.3, 0.4) is 0 Å². The van der Waals surface area contributed by atoms with Crippen LogP contribution in [0.4, 0.5) is 13.2 Å². The van der Waals surface area contributed by atoms with Crippen molar-refractivity contribution in [1.29, 1.82) is 0 Å². The minimum atomic E-state index is -4.48. The van der Waals surface area contributed by atoms with E-state index in [0.717, 1.165) is 0 Å². The zero-order valence-electron chi connectivity index (χ0n) is 5.46. The topological polar surface area (TPSA) is 43.1 Å². The van der Waals surface area contributed by atoms with Gasteiger partial charge >= 0.3 is 17.9 Å². The molecule has 1 amide bonds. The molecule has 1 aliphatic rings. The maximum Gasteiger partial charge on any atom is 0.494 e. The summed E-state index contributed by atoms with van der Waals surface area (Å²) in [7, 11) is 0. The van der Waals surface area contributed by atoms with Crippen molar-refractivity contribution in [3.05, 3.63) is 0 Å². The Hall–Kier alpha value is -1.07. The highest BCUT2D eigenvalue weighted by Crippen LogP contribution is 2.13. The molecule has 0 spiro atoms. The number of amidine groups is 1. The van der Waals surface area contributed by atoms with Crippen LogP contribution >= 0.6 is 0 Å². The van der Waals surface area contributed by atoms with Gasteiger partial charge in [-0.3, -0.25) is 4.99 Å². The number of halogens is 3. The number of hydrogen-bond acceptors (Lipinski definition) is 1. The van der Waals surface area contributed by atoms with Gasteiger partial charge in [0, 0.05) is 0 Å². The molecule has 6 heteroatoms. The summed E-state index contributed by atoms with van der Waals surface area (Å²) in [6, 6.07) is 0. The molecule has 1 rings (SSSR count). The standard InChI is InChI=1S/C5H5F3N2O/c6-5(7,8)4-9-2-1-3(11)10-4/h1-2H2,(H,9,10,11)/p+1. The van der Waals surface area contributed by atoms with E-state index in [4.69, 9.17) is 0 Å². The van der Waals surface area contributed by atoms with E-state index in [2.05, 4.69) is 0 Å². The molecule has 0 aromatic heterocycles. The van der Waals surface area contributed by atoms with E-state index in [9.17, 15) is 18.0 Å². The summed E-state index contributed by atoms with van der Waals surface area (Å²) in [4.78, 5) is 12.5. The Labute approximate surface area is 60.3 Å². The highest BCUT2D eigenvalue weighted by molar-refractivity contribution is 5.98. The van der Waals surface area contributed by atoms with Gasteiger partial charge in [-0.15, -0.1) is 0 Å². The summed E-state index contributed by atoms with van der Waals surface area (Å²) in [5.74, 6) is -1.66. The van der Waals surface area contributed by atoms with Gasteiger partial charge in [-0.1, -0.05) is 0 Å². The number of hydrogen-bond donors (Lipinski definition) is 2. The maximum atomic E-state index is 11.8. The molecule has 0 saturated carbocycles. The molecular weight excluding hydrogens is 161 g/mol. The fourth-order valence-electron chi connectivity index (χ4n) is 0.718. The van der Waals surface area contributed by atoms with Crippen LogP contribution in [0, 0.1) is 0 Å². The fraction of sp³-hybridized carbons (Fsp3) is 0.600. The van der Waals surface area contributed by atoms with E-state index >= 15 is 0 Å². The zero-order chi connectivity index (χ0) is 8.48. The lowest BCUT2D eigenvalue weighted by molar-refractivity contribution is -0.470. The molecule has 0 fully saturated rings. The van der Waals surface area contributed by atoms with Crippen LogP contribution in [-0.4, -0.2) is 24.5 Å². The van der Waals surface area contributed by atoms with Gasteiger partial charge in [0.05, 0.1) is 13.0 Å². The highest BCUT2D eigenvalue weighted by Gasteiger charge is 2.44. The van der Waals surface area contributed by atoms with Crippen LogP contribution in [0.1, 0.15) is 6.42 Å². The molecule has 0 saturated heterocycles. The Morgan fingerprint density at radius 1 is 1.45 bits per heavy atom. The molecule has 0 bridgehead atoms. The number of alkyl halides is 3. The molecule has 0 aromatic carbocycles. The van der Waals surface area contributed by atoms with Crippen molar-refractivity contribution >= 4 is 11.7 Å². The number of rotatable bonds is 0. The number of carbonyl (C=O) groups excluding carboxylic acids is 1. The second-order valence-corrected chi connectivity index (χ2v) is 2.10. The average molecular weight is 167 g/mol. The lowest BCUT2D eigenvalue weighted by atomic mass is 10.3. The predicted molar refractivity (Wildman–Crippen MR) is 29.7 cm³/mol. The lowest BCUT2D eigenvalue weighted by Crippen LogP contribution is -2.83. The molecule has 3 nitrogen and oxygen atoms in total. The highest BCUT2D eigenvalue weighted by atomic mass is 19.4. The van der Waals surface area contributed by atoms with Gasteiger partial charge < -0.3 is 0 Å². The molecule has 0 radical (unpaired) electrons.